The minimum absolute atomic E-state index is 0.0893. The third-order valence-electron chi connectivity index (χ3n) is 7.70. The number of nitrogens with zero attached hydrogens (tertiary/aromatic N) is 3. The van der Waals surface area contributed by atoms with Crippen molar-refractivity contribution in [2.45, 2.75) is 52.5 Å². The third-order valence-corrected chi connectivity index (χ3v) is 7.70. The third kappa shape index (κ3) is 6.53. The van der Waals surface area contributed by atoms with Crippen LogP contribution in [0.15, 0.2) is 72.8 Å². The Bertz CT molecular complexity index is 1550. The Kier molecular flexibility index (Phi) is 8.02. The summed E-state index contributed by atoms with van der Waals surface area (Å²) in [6.07, 6.45) is 4.45. The minimum Gasteiger partial charge on any atom is -0.379 e. The largest absolute Gasteiger partial charge is 0.379 e. The molecule has 7 heteroatoms. The molecular weight excluding hydrogens is 510 g/mol. The van der Waals surface area contributed by atoms with E-state index in [1.54, 1.807) is 4.68 Å². The van der Waals surface area contributed by atoms with Crippen molar-refractivity contribution < 1.29 is 9.53 Å². The number of urea groups is 1. The second kappa shape index (κ2) is 11.5. The van der Waals surface area contributed by atoms with E-state index in [2.05, 4.69) is 81.4 Å². The molecule has 1 aliphatic heterocycles. The van der Waals surface area contributed by atoms with Crippen LogP contribution in [0.1, 0.15) is 51.4 Å². The van der Waals surface area contributed by atoms with E-state index >= 15 is 0 Å². The molecule has 7 nitrogen and oxygen atoms in total. The van der Waals surface area contributed by atoms with Crippen molar-refractivity contribution in [1.29, 1.82) is 0 Å². The summed E-state index contributed by atoms with van der Waals surface area (Å²) < 4.78 is 7.33. The highest BCUT2D eigenvalue weighted by molar-refractivity contribution is 6.07. The molecule has 214 valence electrons. The predicted molar refractivity (Wildman–Crippen MR) is 169 cm³/mol. The number of rotatable bonds is 6. The summed E-state index contributed by atoms with van der Waals surface area (Å²) in [7, 11) is 0. The van der Waals surface area contributed by atoms with Gasteiger partial charge in [0.1, 0.15) is 5.82 Å². The lowest BCUT2D eigenvalue weighted by molar-refractivity contribution is 0.00496. The van der Waals surface area contributed by atoms with E-state index in [0.29, 0.717) is 5.82 Å². The number of ether oxygens (including phenoxy) is 1. The molecule has 2 amide bonds. The summed E-state index contributed by atoms with van der Waals surface area (Å²) >= 11 is 0. The van der Waals surface area contributed by atoms with Crippen LogP contribution in [0.2, 0.25) is 0 Å². The van der Waals surface area contributed by atoms with Gasteiger partial charge in [-0.3, -0.25) is 10.2 Å². The van der Waals surface area contributed by atoms with Crippen molar-refractivity contribution in [3.05, 3.63) is 89.6 Å². The van der Waals surface area contributed by atoms with Crippen molar-refractivity contribution in [2.75, 3.05) is 36.9 Å². The number of carbonyl (C=O) groups is 1. The van der Waals surface area contributed by atoms with Crippen LogP contribution in [0, 0.1) is 6.92 Å². The van der Waals surface area contributed by atoms with E-state index < -0.39 is 0 Å². The summed E-state index contributed by atoms with van der Waals surface area (Å²) in [4.78, 5) is 15.8. The molecule has 1 fully saturated rings. The highest BCUT2D eigenvalue weighted by Gasteiger charge is 2.26. The molecule has 0 radical (unpaired) electrons. The van der Waals surface area contributed by atoms with Crippen molar-refractivity contribution in [3.63, 3.8) is 0 Å². The minimum atomic E-state index is -0.319. The molecule has 0 saturated carbocycles. The van der Waals surface area contributed by atoms with Gasteiger partial charge in [-0.1, -0.05) is 81.0 Å². The highest BCUT2D eigenvalue weighted by Crippen LogP contribution is 2.30. The van der Waals surface area contributed by atoms with Crippen LogP contribution >= 0.6 is 0 Å². The van der Waals surface area contributed by atoms with Crippen LogP contribution < -0.4 is 10.6 Å². The number of nitrogens with one attached hydrogen (secondary N) is 2. The number of anilines is 2. The van der Waals surface area contributed by atoms with Crippen molar-refractivity contribution in [1.82, 2.24) is 14.7 Å². The number of morpholine rings is 1. The molecule has 2 N–H and O–H groups in total. The Hall–Kier alpha value is -3.94. The number of aryl methyl sites for hydroxylation is 1. The summed E-state index contributed by atoms with van der Waals surface area (Å²) in [6, 6.07) is 22.0. The molecule has 4 aromatic rings. The molecule has 2 heterocycles. The first kappa shape index (κ1) is 28.6. The zero-order chi connectivity index (χ0) is 29.2. The first-order valence-electron chi connectivity index (χ1n) is 14.3. The number of hydrogen-bond acceptors (Lipinski definition) is 4. The van der Waals surface area contributed by atoms with Crippen LogP contribution in [0.3, 0.4) is 0 Å². The SMILES string of the molecule is Cc1ccc(-n2nc(C(C)(C)C)cc2NC(=O)Nc2ccc(C=CC(C)(C)N3CCOCC3)c3ccccc23)cc1. The van der Waals surface area contributed by atoms with Crippen molar-refractivity contribution >= 4 is 34.4 Å². The average Bonchev–Trinajstić information content (AvgIpc) is 3.38. The van der Waals surface area contributed by atoms with Gasteiger partial charge < -0.3 is 10.1 Å². The van der Waals surface area contributed by atoms with Gasteiger partial charge in [-0.25, -0.2) is 9.48 Å². The van der Waals surface area contributed by atoms with Gasteiger partial charge in [0, 0.05) is 35.5 Å². The first-order chi connectivity index (χ1) is 19.5. The van der Waals surface area contributed by atoms with E-state index in [1.807, 2.05) is 54.6 Å². The Morgan fingerprint density at radius 2 is 1.59 bits per heavy atom. The Labute approximate surface area is 243 Å². The van der Waals surface area contributed by atoms with E-state index in [9.17, 15) is 4.79 Å². The maximum absolute atomic E-state index is 13.3. The van der Waals surface area contributed by atoms with Gasteiger partial charge in [0.25, 0.3) is 0 Å². The second-order valence-corrected chi connectivity index (χ2v) is 12.3. The normalized spacial score (nSPS) is 15.0. The van der Waals surface area contributed by atoms with Crippen molar-refractivity contribution in [3.8, 4) is 5.69 Å². The van der Waals surface area contributed by atoms with E-state index in [1.165, 1.54) is 5.56 Å². The number of benzene rings is 3. The number of aromatic nitrogens is 2. The topological polar surface area (TPSA) is 71.4 Å². The van der Waals surface area contributed by atoms with Crippen LogP contribution in [0.4, 0.5) is 16.3 Å². The molecule has 0 aliphatic carbocycles. The quantitative estimate of drug-likeness (QED) is 0.262. The number of amides is 2. The van der Waals surface area contributed by atoms with E-state index in [0.717, 1.165) is 59.7 Å². The fourth-order valence-corrected chi connectivity index (χ4v) is 5.10. The monoisotopic (exact) mass is 551 g/mol. The number of hydrogen-bond donors (Lipinski definition) is 2. The first-order valence-corrected chi connectivity index (χ1v) is 14.3. The molecule has 41 heavy (non-hydrogen) atoms. The Morgan fingerprint density at radius 3 is 2.27 bits per heavy atom. The Morgan fingerprint density at radius 1 is 0.902 bits per heavy atom. The maximum atomic E-state index is 13.3. The smallest absolute Gasteiger partial charge is 0.324 e. The summed E-state index contributed by atoms with van der Waals surface area (Å²) in [5, 5.41) is 13.0. The van der Waals surface area contributed by atoms with Crippen molar-refractivity contribution in [2.24, 2.45) is 0 Å². The highest BCUT2D eigenvalue weighted by atomic mass is 16.5. The van der Waals surface area contributed by atoms with Gasteiger partial charge in [0.05, 0.1) is 30.3 Å². The Balaban J connectivity index is 1.39. The van der Waals surface area contributed by atoms with E-state index in [4.69, 9.17) is 9.84 Å². The predicted octanol–water partition coefficient (Wildman–Crippen LogP) is 7.40. The zero-order valence-electron chi connectivity index (χ0n) is 25.0. The average molecular weight is 552 g/mol. The fourth-order valence-electron chi connectivity index (χ4n) is 5.10. The number of carbonyl (C=O) groups excluding carboxylic acids is 1. The zero-order valence-corrected chi connectivity index (χ0v) is 25.0. The second-order valence-electron chi connectivity index (χ2n) is 12.3. The molecule has 1 aliphatic rings. The van der Waals surface area contributed by atoms with Crippen LogP contribution in [-0.4, -0.2) is 52.6 Å². The lowest BCUT2D eigenvalue weighted by atomic mass is 9.92. The molecule has 1 aromatic heterocycles. The van der Waals surface area contributed by atoms with Gasteiger partial charge in [-0.05, 0) is 49.9 Å². The van der Waals surface area contributed by atoms with Crippen LogP contribution in [0.25, 0.3) is 22.5 Å². The van der Waals surface area contributed by atoms with Gasteiger partial charge in [0.2, 0.25) is 0 Å². The molecule has 3 aromatic carbocycles. The van der Waals surface area contributed by atoms with Crippen LogP contribution in [-0.2, 0) is 10.2 Å². The molecule has 5 rings (SSSR count). The lowest BCUT2D eigenvalue weighted by Gasteiger charge is -2.38. The van der Waals surface area contributed by atoms with Gasteiger partial charge >= 0.3 is 6.03 Å². The molecule has 1 saturated heterocycles. The van der Waals surface area contributed by atoms with Gasteiger partial charge in [-0.2, -0.15) is 5.10 Å². The fraction of sp³-hybridized carbons (Fsp3) is 0.353. The van der Waals surface area contributed by atoms with Gasteiger partial charge in [0.15, 0.2) is 0 Å². The number of fused-ring (bicyclic) bond motifs is 1. The summed E-state index contributed by atoms with van der Waals surface area (Å²) in [6.45, 7) is 16.3. The molecular formula is C34H41N5O2. The molecule has 0 bridgehead atoms. The maximum Gasteiger partial charge on any atom is 0.324 e. The summed E-state index contributed by atoms with van der Waals surface area (Å²) in [5.74, 6) is 0.616. The van der Waals surface area contributed by atoms with Crippen LogP contribution in [0.5, 0.6) is 0 Å². The molecule has 0 unspecified atom stereocenters. The summed E-state index contributed by atoms with van der Waals surface area (Å²) in [5.41, 5.74) is 4.56. The molecule has 0 atom stereocenters. The van der Waals surface area contributed by atoms with Gasteiger partial charge in [-0.15, -0.1) is 0 Å². The lowest BCUT2D eigenvalue weighted by Crippen LogP contribution is -2.48. The van der Waals surface area contributed by atoms with E-state index in [-0.39, 0.29) is 17.0 Å². The standard InChI is InChI=1S/C34H41N5O2/c1-24-11-14-26(15-12-24)39-31(23-30(37-39)33(2,3)4)36-32(40)35-29-16-13-25(27-9-7-8-10-28(27)29)17-18-34(5,6)38-19-21-41-22-20-38/h7-18,23H,19-22H2,1-6H3,(H2,35,36,40). The molecule has 0 spiro atoms.